The summed E-state index contributed by atoms with van der Waals surface area (Å²) in [4.78, 5) is 12.1. The molecule has 1 aromatic carbocycles. The molecule has 0 unspecified atom stereocenters. The molecule has 0 bridgehead atoms. The number of benzene rings is 1. The standard InChI is InChI=1S/C21H23N3OS2/c25-21(15-27-13-16-4-2-1-3-5-16)22-9-10-24-20(17-6-7-17)12-19(23-24)18-8-11-26-14-18/h1-5,8,11-12,14,17H,6-7,9-10,13,15H2,(H,22,25). The first-order chi connectivity index (χ1) is 13.3. The van der Waals surface area contributed by atoms with Crippen molar-refractivity contribution in [2.45, 2.75) is 31.1 Å². The van der Waals surface area contributed by atoms with Crippen LogP contribution in [0.15, 0.2) is 53.2 Å². The van der Waals surface area contributed by atoms with Gasteiger partial charge in [-0.1, -0.05) is 30.3 Å². The lowest BCUT2D eigenvalue weighted by Gasteiger charge is -2.08. The van der Waals surface area contributed by atoms with Gasteiger partial charge in [0, 0.05) is 34.9 Å². The maximum atomic E-state index is 12.1. The van der Waals surface area contributed by atoms with Gasteiger partial charge in [0.05, 0.1) is 18.0 Å². The van der Waals surface area contributed by atoms with E-state index in [0.717, 1.165) is 18.0 Å². The Kier molecular flexibility index (Phi) is 5.94. The highest BCUT2D eigenvalue weighted by Crippen LogP contribution is 2.41. The fourth-order valence-corrected chi connectivity index (χ4v) is 4.52. The average molecular weight is 398 g/mol. The molecule has 1 saturated carbocycles. The Balaban J connectivity index is 1.25. The van der Waals surface area contributed by atoms with Crippen LogP contribution in [0.4, 0.5) is 0 Å². The molecule has 4 nitrogen and oxygen atoms in total. The number of thiophene rings is 1. The monoisotopic (exact) mass is 397 g/mol. The highest BCUT2D eigenvalue weighted by molar-refractivity contribution is 7.99. The third kappa shape index (κ3) is 5.02. The minimum absolute atomic E-state index is 0.0918. The fourth-order valence-electron chi connectivity index (χ4n) is 3.06. The van der Waals surface area contributed by atoms with Gasteiger partial charge in [-0.15, -0.1) is 11.8 Å². The van der Waals surface area contributed by atoms with E-state index in [2.05, 4.69) is 45.0 Å². The Morgan fingerprint density at radius 2 is 2.11 bits per heavy atom. The Morgan fingerprint density at radius 3 is 2.85 bits per heavy atom. The summed E-state index contributed by atoms with van der Waals surface area (Å²) >= 11 is 3.34. The summed E-state index contributed by atoms with van der Waals surface area (Å²) in [5, 5.41) is 12.0. The summed E-state index contributed by atoms with van der Waals surface area (Å²) < 4.78 is 2.09. The molecule has 1 amide bonds. The van der Waals surface area contributed by atoms with Crippen LogP contribution >= 0.6 is 23.1 Å². The molecule has 1 aliphatic rings. The van der Waals surface area contributed by atoms with Crippen molar-refractivity contribution < 1.29 is 4.79 Å². The lowest BCUT2D eigenvalue weighted by molar-refractivity contribution is -0.118. The molecule has 1 fully saturated rings. The summed E-state index contributed by atoms with van der Waals surface area (Å²) in [6.07, 6.45) is 2.49. The lowest BCUT2D eigenvalue weighted by atomic mass is 10.2. The second-order valence-electron chi connectivity index (χ2n) is 6.79. The molecule has 27 heavy (non-hydrogen) atoms. The average Bonchev–Trinajstić information content (AvgIpc) is 3.21. The fraction of sp³-hybridized carbons (Fsp3) is 0.333. The lowest BCUT2D eigenvalue weighted by Crippen LogP contribution is -2.29. The molecule has 0 saturated heterocycles. The molecule has 4 rings (SSSR count). The zero-order valence-electron chi connectivity index (χ0n) is 15.1. The number of rotatable bonds is 9. The normalized spacial score (nSPS) is 13.6. The van der Waals surface area contributed by atoms with Crippen LogP contribution in [0.3, 0.4) is 0 Å². The van der Waals surface area contributed by atoms with Crippen molar-refractivity contribution in [3.8, 4) is 11.3 Å². The second kappa shape index (κ2) is 8.76. The molecule has 2 aromatic heterocycles. The predicted octanol–water partition coefficient (Wildman–Crippen LogP) is 4.54. The minimum Gasteiger partial charge on any atom is -0.354 e. The summed E-state index contributed by atoms with van der Waals surface area (Å²) in [5.41, 5.74) is 4.79. The van der Waals surface area contributed by atoms with E-state index in [9.17, 15) is 4.79 Å². The van der Waals surface area contributed by atoms with E-state index < -0.39 is 0 Å². The van der Waals surface area contributed by atoms with Gasteiger partial charge in [0.2, 0.25) is 5.91 Å². The maximum Gasteiger partial charge on any atom is 0.230 e. The Hall–Kier alpha value is -2.05. The molecule has 0 aliphatic heterocycles. The van der Waals surface area contributed by atoms with E-state index >= 15 is 0 Å². The molecule has 0 spiro atoms. The first-order valence-corrected chi connectivity index (χ1v) is 11.4. The summed E-state index contributed by atoms with van der Waals surface area (Å²) in [6, 6.07) is 14.6. The molecule has 6 heteroatoms. The molecule has 1 aliphatic carbocycles. The van der Waals surface area contributed by atoms with Crippen LogP contribution in [0.1, 0.15) is 30.0 Å². The molecule has 1 N–H and O–H groups in total. The number of carbonyl (C=O) groups is 1. The predicted molar refractivity (Wildman–Crippen MR) is 113 cm³/mol. The number of thioether (sulfide) groups is 1. The molecular formula is C21H23N3OS2. The Morgan fingerprint density at radius 1 is 1.26 bits per heavy atom. The SMILES string of the molecule is O=C(CSCc1ccccc1)NCCn1nc(-c2ccsc2)cc1C1CC1. The first kappa shape index (κ1) is 18.3. The number of hydrogen-bond acceptors (Lipinski definition) is 4. The maximum absolute atomic E-state index is 12.1. The highest BCUT2D eigenvalue weighted by Gasteiger charge is 2.28. The van der Waals surface area contributed by atoms with Gasteiger partial charge in [0.1, 0.15) is 0 Å². The Labute approximate surface area is 168 Å². The summed E-state index contributed by atoms with van der Waals surface area (Å²) in [7, 11) is 0. The molecule has 0 radical (unpaired) electrons. The van der Waals surface area contributed by atoms with Gasteiger partial charge in [-0.2, -0.15) is 16.4 Å². The van der Waals surface area contributed by atoms with Gasteiger partial charge in [-0.05, 0) is 35.9 Å². The van der Waals surface area contributed by atoms with Crippen LogP contribution in [0.25, 0.3) is 11.3 Å². The van der Waals surface area contributed by atoms with Crippen molar-refractivity contribution in [3.63, 3.8) is 0 Å². The van der Waals surface area contributed by atoms with Gasteiger partial charge in [-0.25, -0.2) is 0 Å². The number of nitrogens with zero attached hydrogens (tertiary/aromatic N) is 2. The van der Waals surface area contributed by atoms with E-state index in [1.807, 2.05) is 18.2 Å². The molecule has 3 aromatic rings. The van der Waals surface area contributed by atoms with E-state index in [0.29, 0.717) is 18.2 Å². The van der Waals surface area contributed by atoms with Crippen LogP contribution in [-0.2, 0) is 17.1 Å². The number of carbonyl (C=O) groups excluding carboxylic acids is 1. The smallest absolute Gasteiger partial charge is 0.230 e. The van der Waals surface area contributed by atoms with E-state index in [1.165, 1.54) is 29.7 Å². The van der Waals surface area contributed by atoms with Crippen molar-refractivity contribution in [2.24, 2.45) is 0 Å². The van der Waals surface area contributed by atoms with Crippen LogP contribution < -0.4 is 5.32 Å². The van der Waals surface area contributed by atoms with Crippen LogP contribution in [0.5, 0.6) is 0 Å². The van der Waals surface area contributed by atoms with Crippen molar-refractivity contribution in [3.05, 3.63) is 64.5 Å². The molecular weight excluding hydrogens is 374 g/mol. The zero-order chi connectivity index (χ0) is 18.5. The highest BCUT2D eigenvalue weighted by atomic mass is 32.2. The van der Waals surface area contributed by atoms with Crippen molar-refractivity contribution in [1.82, 2.24) is 15.1 Å². The third-order valence-corrected chi connectivity index (χ3v) is 6.30. The van der Waals surface area contributed by atoms with Gasteiger partial charge >= 0.3 is 0 Å². The van der Waals surface area contributed by atoms with E-state index in [-0.39, 0.29) is 5.91 Å². The summed E-state index contributed by atoms with van der Waals surface area (Å²) in [5.74, 6) is 2.09. The minimum atomic E-state index is 0.0918. The molecule has 2 heterocycles. The summed E-state index contributed by atoms with van der Waals surface area (Å²) in [6.45, 7) is 1.35. The molecule has 140 valence electrons. The quantitative estimate of drug-likeness (QED) is 0.577. The van der Waals surface area contributed by atoms with Crippen molar-refractivity contribution in [1.29, 1.82) is 0 Å². The van der Waals surface area contributed by atoms with E-state index in [4.69, 9.17) is 5.10 Å². The number of amides is 1. The van der Waals surface area contributed by atoms with Crippen molar-refractivity contribution >= 4 is 29.0 Å². The van der Waals surface area contributed by atoms with Gasteiger partial charge in [0.15, 0.2) is 0 Å². The number of aromatic nitrogens is 2. The Bertz CT molecular complexity index is 870. The zero-order valence-corrected chi connectivity index (χ0v) is 16.8. The topological polar surface area (TPSA) is 46.9 Å². The van der Waals surface area contributed by atoms with Crippen LogP contribution in [0.2, 0.25) is 0 Å². The van der Waals surface area contributed by atoms with Gasteiger partial charge < -0.3 is 5.32 Å². The first-order valence-electron chi connectivity index (χ1n) is 9.28. The second-order valence-corrected chi connectivity index (χ2v) is 8.56. The largest absolute Gasteiger partial charge is 0.354 e. The van der Waals surface area contributed by atoms with E-state index in [1.54, 1.807) is 23.1 Å². The number of nitrogens with one attached hydrogen (secondary N) is 1. The van der Waals surface area contributed by atoms with Gasteiger partial charge in [-0.3, -0.25) is 9.48 Å². The third-order valence-electron chi connectivity index (χ3n) is 4.61. The van der Waals surface area contributed by atoms with Crippen LogP contribution in [0, 0.1) is 0 Å². The number of hydrogen-bond donors (Lipinski definition) is 1. The van der Waals surface area contributed by atoms with Gasteiger partial charge in [0.25, 0.3) is 0 Å². The van der Waals surface area contributed by atoms with Crippen LogP contribution in [-0.4, -0.2) is 28.0 Å². The molecule has 0 atom stereocenters. The van der Waals surface area contributed by atoms with Crippen molar-refractivity contribution in [2.75, 3.05) is 12.3 Å².